The van der Waals surface area contributed by atoms with Crippen LogP contribution in [0.3, 0.4) is 0 Å². The fourth-order valence-corrected chi connectivity index (χ4v) is 3.39. The largest absolute Gasteiger partial charge is 0.374 e. The van der Waals surface area contributed by atoms with Gasteiger partial charge in [-0.2, -0.15) is 0 Å². The van der Waals surface area contributed by atoms with E-state index < -0.39 is 17.8 Å². The topological polar surface area (TPSA) is 79.0 Å². The summed E-state index contributed by atoms with van der Waals surface area (Å²) in [6.45, 7) is 2.96. The van der Waals surface area contributed by atoms with Crippen LogP contribution in [0.15, 0.2) is 12.1 Å². The van der Waals surface area contributed by atoms with Crippen LogP contribution in [0.4, 0.5) is 4.79 Å². The second kappa shape index (κ2) is 7.76. The van der Waals surface area contributed by atoms with Crippen LogP contribution in [0, 0.1) is 0 Å². The quantitative estimate of drug-likeness (QED) is 0.808. The number of hydrogen-bond acceptors (Lipinski definition) is 5. The fraction of sp³-hybridized carbons (Fsp3) is 0.500. The summed E-state index contributed by atoms with van der Waals surface area (Å²) in [5.41, 5.74) is 0. The van der Waals surface area contributed by atoms with Gasteiger partial charge in [-0.25, -0.2) is 4.79 Å². The Hall–Kier alpha value is -1.64. The first kappa shape index (κ1) is 17.7. The molecule has 2 rings (SSSR count). The number of carbonyl (C=O) groups excluding carboxylic acids is 3. The van der Waals surface area contributed by atoms with E-state index in [4.69, 9.17) is 16.3 Å². The van der Waals surface area contributed by atoms with E-state index in [-0.39, 0.29) is 19.2 Å². The number of hydrogen-bond donors (Lipinski definition) is 1. The highest BCUT2D eigenvalue weighted by Gasteiger charge is 2.35. The Morgan fingerprint density at radius 2 is 2.13 bits per heavy atom. The lowest BCUT2D eigenvalue weighted by molar-refractivity contribution is -0.153. The number of thiophene rings is 1. The maximum absolute atomic E-state index is 12.2. The van der Waals surface area contributed by atoms with Crippen molar-refractivity contribution in [2.45, 2.75) is 13.0 Å². The van der Waals surface area contributed by atoms with Gasteiger partial charge in [0.15, 0.2) is 0 Å². The third-order valence-corrected chi connectivity index (χ3v) is 4.89. The zero-order chi connectivity index (χ0) is 17.0. The van der Waals surface area contributed by atoms with Gasteiger partial charge in [-0.1, -0.05) is 11.6 Å². The smallest absolute Gasteiger partial charge is 0.324 e. The Balaban J connectivity index is 1.94. The molecule has 0 aliphatic carbocycles. The van der Waals surface area contributed by atoms with Crippen molar-refractivity contribution >= 4 is 40.8 Å². The van der Waals surface area contributed by atoms with Gasteiger partial charge >= 0.3 is 17.8 Å². The molecule has 1 atom stereocenters. The first-order chi connectivity index (χ1) is 11.0. The minimum Gasteiger partial charge on any atom is -0.374 e. The molecule has 0 unspecified atom stereocenters. The van der Waals surface area contributed by atoms with E-state index in [1.165, 1.54) is 23.3 Å². The van der Waals surface area contributed by atoms with E-state index in [9.17, 15) is 14.4 Å². The number of amides is 4. The Morgan fingerprint density at radius 3 is 2.70 bits per heavy atom. The average molecular weight is 360 g/mol. The molecule has 1 aromatic rings. The summed E-state index contributed by atoms with van der Waals surface area (Å²) >= 11 is 7.25. The van der Waals surface area contributed by atoms with Crippen molar-refractivity contribution in [3.8, 4) is 0 Å². The number of methoxy groups -OCH3 is 1. The number of halogens is 1. The number of piperazine rings is 1. The van der Waals surface area contributed by atoms with Crippen molar-refractivity contribution in [2.75, 3.05) is 33.3 Å². The minimum atomic E-state index is -0.802. The van der Waals surface area contributed by atoms with Gasteiger partial charge in [0.25, 0.3) is 0 Å². The van der Waals surface area contributed by atoms with Gasteiger partial charge in [0.1, 0.15) is 6.10 Å². The molecule has 1 aliphatic heterocycles. The molecule has 1 saturated heterocycles. The average Bonchev–Trinajstić information content (AvgIpc) is 2.96. The molecule has 9 heteroatoms. The zero-order valence-corrected chi connectivity index (χ0v) is 14.4. The molecule has 126 valence electrons. The number of imide groups is 1. The van der Waals surface area contributed by atoms with Crippen molar-refractivity contribution < 1.29 is 19.1 Å². The number of carbonyl (C=O) groups is 3. The number of urea groups is 1. The molecule has 0 aromatic carbocycles. The lowest BCUT2D eigenvalue weighted by atomic mass is 10.3. The Morgan fingerprint density at radius 1 is 1.39 bits per heavy atom. The lowest BCUT2D eigenvalue weighted by Gasteiger charge is -2.32. The Bertz CT molecular complexity index is 607. The summed E-state index contributed by atoms with van der Waals surface area (Å²) in [7, 11) is 1.53. The van der Waals surface area contributed by atoms with E-state index in [1.807, 2.05) is 6.07 Å². The van der Waals surface area contributed by atoms with Crippen LogP contribution in [0.1, 0.15) is 17.9 Å². The molecule has 0 saturated carbocycles. The lowest BCUT2D eigenvalue weighted by Crippen LogP contribution is -2.58. The summed E-state index contributed by atoms with van der Waals surface area (Å²) in [5, 5.41) is 2.63. The van der Waals surface area contributed by atoms with Gasteiger partial charge < -0.3 is 15.0 Å². The SMILES string of the molecule is CCN1CCN(C(=O)NC[C@@H](OC)c2ccc(Cl)s2)C(=O)C1=O. The first-order valence-corrected chi connectivity index (χ1v) is 8.34. The van der Waals surface area contributed by atoms with Crippen LogP contribution in [-0.2, 0) is 14.3 Å². The molecule has 1 aromatic heterocycles. The molecule has 1 fully saturated rings. The summed E-state index contributed by atoms with van der Waals surface area (Å²) in [5.74, 6) is -1.45. The monoisotopic (exact) mass is 359 g/mol. The number of ether oxygens (including phenoxy) is 1. The Kier molecular flexibility index (Phi) is 5.97. The van der Waals surface area contributed by atoms with E-state index >= 15 is 0 Å². The molecule has 23 heavy (non-hydrogen) atoms. The molecule has 2 heterocycles. The predicted molar refractivity (Wildman–Crippen MR) is 86.4 cm³/mol. The van der Waals surface area contributed by atoms with Crippen LogP contribution in [0.5, 0.6) is 0 Å². The third-order valence-electron chi connectivity index (χ3n) is 3.57. The molecule has 0 spiro atoms. The van der Waals surface area contributed by atoms with Gasteiger partial charge in [0, 0.05) is 31.6 Å². The molecule has 1 aliphatic rings. The normalized spacial score (nSPS) is 16.7. The summed E-state index contributed by atoms with van der Waals surface area (Å²) in [6.07, 6.45) is -0.362. The highest BCUT2D eigenvalue weighted by molar-refractivity contribution is 7.16. The van der Waals surface area contributed by atoms with Gasteiger partial charge in [0.05, 0.1) is 10.9 Å². The van der Waals surface area contributed by atoms with E-state index in [0.29, 0.717) is 17.4 Å². The molecule has 0 radical (unpaired) electrons. The second-order valence-electron chi connectivity index (χ2n) is 4.89. The van der Waals surface area contributed by atoms with Crippen LogP contribution < -0.4 is 5.32 Å². The first-order valence-electron chi connectivity index (χ1n) is 7.14. The van der Waals surface area contributed by atoms with Crippen LogP contribution in [0.25, 0.3) is 0 Å². The van der Waals surface area contributed by atoms with Crippen LogP contribution in [0.2, 0.25) is 4.34 Å². The Labute approximate surface area is 143 Å². The summed E-state index contributed by atoms with van der Waals surface area (Å²) < 4.78 is 5.96. The molecular formula is C14H18ClN3O4S. The van der Waals surface area contributed by atoms with Crippen molar-refractivity contribution in [1.29, 1.82) is 0 Å². The van der Waals surface area contributed by atoms with E-state index in [1.54, 1.807) is 13.0 Å². The number of likely N-dealkylation sites (N-methyl/N-ethyl adjacent to an activating group) is 1. The van der Waals surface area contributed by atoms with Crippen LogP contribution in [-0.4, -0.2) is 60.9 Å². The standard InChI is InChI=1S/C14H18ClN3O4S/c1-3-17-6-7-18(13(20)12(17)19)14(21)16-8-9(22-2)10-4-5-11(15)23-10/h4-5,9H,3,6-8H2,1-2H3,(H,16,21)/t9-/m1/s1. The summed E-state index contributed by atoms with van der Waals surface area (Å²) in [6, 6.07) is 2.98. The maximum atomic E-state index is 12.2. The fourth-order valence-electron chi connectivity index (χ4n) is 2.25. The highest BCUT2D eigenvalue weighted by Crippen LogP contribution is 2.28. The third kappa shape index (κ3) is 4.01. The number of nitrogens with zero attached hydrogens (tertiary/aromatic N) is 2. The molecule has 1 N–H and O–H groups in total. The van der Waals surface area contributed by atoms with Gasteiger partial charge in [0.2, 0.25) is 0 Å². The number of rotatable bonds is 5. The molecule has 7 nitrogen and oxygen atoms in total. The second-order valence-corrected chi connectivity index (χ2v) is 6.64. The zero-order valence-electron chi connectivity index (χ0n) is 12.9. The van der Waals surface area contributed by atoms with Crippen molar-refractivity contribution in [2.24, 2.45) is 0 Å². The molecular weight excluding hydrogens is 342 g/mol. The van der Waals surface area contributed by atoms with Gasteiger partial charge in [-0.05, 0) is 19.1 Å². The van der Waals surface area contributed by atoms with E-state index in [0.717, 1.165) is 9.78 Å². The predicted octanol–water partition coefficient (Wildman–Crippen LogP) is 1.49. The van der Waals surface area contributed by atoms with Crippen molar-refractivity contribution in [1.82, 2.24) is 15.1 Å². The maximum Gasteiger partial charge on any atom is 0.324 e. The number of nitrogens with one attached hydrogen (secondary N) is 1. The molecule has 0 bridgehead atoms. The highest BCUT2D eigenvalue weighted by atomic mass is 35.5. The van der Waals surface area contributed by atoms with Gasteiger partial charge in [-0.3, -0.25) is 14.5 Å². The van der Waals surface area contributed by atoms with E-state index in [2.05, 4.69) is 5.32 Å². The van der Waals surface area contributed by atoms with Gasteiger partial charge in [-0.15, -0.1) is 11.3 Å². The summed E-state index contributed by atoms with van der Waals surface area (Å²) in [4.78, 5) is 39.1. The van der Waals surface area contributed by atoms with Crippen LogP contribution >= 0.6 is 22.9 Å². The van der Waals surface area contributed by atoms with Crippen molar-refractivity contribution in [3.05, 3.63) is 21.3 Å². The minimum absolute atomic E-state index is 0.182. The molecule has 4 amide bonds. The van der Waals surface area contributed by atoms with Crippen molar-refractivity contribution in [3.63, 3.8) is 0 Å².